The van der Waals surface area contributed by atoms with Crippen molar-refractivity contribution in [2.75, 3.05) is 56.4 Å². The molecule has 1 aromatic carbocycles. The molecule has 2 atom stereocenters. The number of hydrogen-bond acceptors (Lipinski definition) is 8. The molecule has 0 aliphatic carbocycles. The number of rotatable bonds is 5. The summed E-state index contributed by atoms with van der Waals surface area (Å²) >= 11 is 0. The van der Waals surface area contributed by atoms with E-state index in [2.05, 4.69) is 37.6 Å². The molecule has 2 fully saturated rings. The fraction of sp³-hybridized carbons (Fsp3) is 0.310. The van der Waals surface area contributed by atoms with E-state index in [0.29, 0.717) is 33.8 Å². The number of carbonyl (C=O) groups is 1. The lowest BCUT2D eigenvalue weighted by molar-refractivity contribution is 0.0695. The maximum Gasteiger partial charge on any atom is 0.341 e. The van der Waals surface area contributed by atoms with Crippen LogP contribution in [0.25, 0.3) is 44.1 Å². The summed E-state index contributed by atoms with van der Waals surface area (Å²) in [5, 5.41) is 14.4. The lowest BCUT2D eigenvalue weighted by Crippen LogP contribution is -2.35. The minimum atomic E-state index is -1.32. The van der Waals surface area contributed by atoms with Gasteiger partial charge in [-0.3, -0.25) is 4.79 Å². The molecular formula is C29H29FN8O3. The zero-order chi connectivity index (χ0) is 28.6. The first-order valence-corrected chi connectivity index (χ1v) is 13.5. The minimum absolute atomic E-state index is 0.171. The predicted molar refractivity (Wildman–Crippen MR) is 157 cm³/mol. The zero-order valence-electron chi connectivity index (χ0n) is 22.8. The molecule has 5 aromatic rings. The number of H-pyrrole nitrogens is 1. The quantitative estimate of drug-likeness (QED) is 0.258. The highest BCUT2D eigenvalue weighted by molar-refractivity contribution is 6.18. The van der Waals surface area contributed by atoms with Crippen LogP contribution in [0.15, 0.2) is 41.6 Å². The molecule has 0 radical (unpaired) electrons. The van der Waals surface area contributed by atoms with Crippen molar-refractivity contribution in [1.82, 2.24) is 24.5 Å². The first kappa shape index (κ1) is 25.3. The third-order valence-corrected chi connectivity index (χ3v) is 8.58. The molecule has 11 nitrogen and oxygen atoms in total. The number of halogens is 1. The van der Waals surface area contributed by atoms with Crippen molar-refractivity contribution >= 4 is 50.3 Å². The molecular weight excluding hydrogens is 527 g/mol. The number of nitrogens with one attached hydrogen (secondary N) is 3. The van der Waals surface area contributed by atoms with Gasteiger partial charge in [0.15, 0.2) is 5.65 Å². The fourth-order valence-electron chi connectivity index (χ4n) is 6.75. The van der Waals surface area contributed by atoms with Gasteiger partial charge in [-0.05, 0) is 37.6 Å². The predicted octanol–water partition coefficient (Wildman–Crippen LogP) is 3.29. The standard InChI is InChI=1S/C29H29FN8O3/c1-31-21-8-16(30)7-17-23-25(37-5-4-14-11-36(3)13-22(14)37)19(10-33-27(23)35-24(17)21)15-6-18-26(39)20(29(40)41)12-38(32-2)28(18)34-9-15/h6-10,12,14,22,31-32H,4-5,11,13H2,1-3H3,(H,33,35)(H,40,41)/t14-,22+/m1/s1. The van der Waals surface area contributed by atoms with Gasteiger partial charge in [0.1, 0.15) is 17.0 Å². The third kappa shape index (κ3) is 3.74. The van der Waals surface area contributed by atoms with Crippen molar-refractivity contribution in [3.63, 3.8) is 0 Å². The summed E-state index contributed by atoms with van der Waals surface area (Å²) in [6, 6.07) is 4.93. The molecule has 7 rings (SSSR count). The molecule has 0 unspecified atom stereocenters. The summed E-state index contributed by atoms with van der Waals surface area (Å²) in [5.41, 5.74) is 6.51. The number of benzene rings is 1. The van der Waals surface area contributed by atoms with Gasteiger partial charge >= 0.3 is 5.97 Å². The Morgan fingerprint density at radius 3 is 2.73 bits per heavy atom. The largest absolute Gasteiger partial charge is 0.477 e. The van der Waals surface area contributed by atoms with Crippen molar-refractivity contribution < 1.29 is 14.3 Å². The second-order valence-corrected chi connectivity index (χ2v) is 10.9. The van der Waals surface area contributed by atoms with E-state index >= 15 is 0 Å². The van der Waals surface area contributed by atoms with Crippen LogP contribution < -0.4 is 21.1 Å². The SMILES string of the molecule is CNc1cc(F)cc2c1[nH]c1ncc(-c3cnc4c(c3)c(=O)c(C(=O)O)cn4NC)c(N3CC[C@@H]4CN(C)C[C@@H]43)c12. The first-order valence-electron chi connectivity index (χ1n) is 13.5. The Balaban J connectivity index is 1.55. The van der Waals surface area contributed by atoms with E-state index in [1.807, 2.05) is 0 Å². The van der Waals surface area contributed by atoms with Gasteiger partial charge in [0, 0.05) is 74.9 Å². The van der Waals surface area contributed by atoms with Crippen molar-refractivity contribution in [2.45, 2.75) is 12.5 Å². The highest BCUT2D eigenvalue weighted by Gasteiger charge is 2.41. The van der Waals surface area contributed by atoms with Gasteiger partial charge in [0.2, 0.25) is 5.43 Å². The summed E-state index contributed by atoms with van der Waals surface area (Å²) in [6.07, 6.45) is 5.70. The topological polar surface area (TPSA) is 131 Å². The van der Waals surface area contributed by atoms with Crippen molar-refractivity contribution in [3.05, 3.63) is 58.4 Å². The van der Waals surface area contributed by atoms with Gasteiger partial charge in [-0.25, -0.2) is 23.8 Å². The van der Waals surface area contributed by atoms with Crippen LogP contribution in [0, 0.1) is 11.7 Å². The van der Waals surface area contributed by atoms with E-state index in [1.54, 1.807) is 32.6 Å². The minimum Gasteiger partial charge on any atom is -0.477 e. The smallest absolute Gasteiger partial charge is 0.341 e. The van der Waals surface area contributed by atoms with Crippen LogP contribution in [0.4, 0.5) is 15.8 Å². The van der Waals surface area contributed by atoms with Gasteiger partial charge in [-0.15, -0.1) is 0 Å². The van der Waals surface area contributed by atoms with Gasteiger partial charge < -0.3 is 30.6 Å². The maximum atomic E-state index is 14.9. The summed E-state index contributed by atoms with van der Waals surface area (Å²) in [7, 11) is 5.50. The lowest BCUT2D eigenvalue weighted by atomic mass is 10.00. The van der Waals surface area contributed by atoms with Crippen LogP contribution in [0.5, 0.6) is 0 Å². The number of hydrogen-bond donors (Lipinski definition) is 4. The van der Waals surface area contributed by atoms with Gasteiger partial charge in [0.25, 0.3) is 0 Å². The Kier molecular flexibility index (Phi) is 5.65. The number of aromatic carboxylic acids is 1. The molecule has 4 N–H and O–H groups in total. The summed E-state index contributed by atoms with van der Waals surface area (Å²) < 4.78 is 16.3. The number of carboxylic acid groups (broad SMARTS) is 1. The molecule has 41 heavy (non-hydrogen) atoms. The Morgan fingerprint density at radius 2 is 1.98 bits per heavy atom. The van der Waals surface area contributed by atoms with Crippen molar-refractivity contribution in [1.29, 1.82) is 0 Å². The Bertz CT molecular complexity index is 1950. The molecule has 2 aliphatic heterocycles. The van der Waals surface area contributed by atoms with E-state index < -0.39 is 11.4 Å². The Morgan fingerprint density at radius 1 is 1.15 bits per heavy atom. The number of aromatic amines is 1. The monoisotopic (exact) mass is 556 g/mol. The number of aromatic nitrogens is 4. The summed E-state index contributed by atoms with van der Waals surface area (Å²) in [5.74, 6) is -1.17. The average molecular weight is 557 g/mol. The highest BCUT2D eigenvalue weighted by Crippen LogP contribution is 2.46. The van der Waals surface area contributed by atoms with E-state index in [9.17, 15) is 19.1 Å². The molecule has 0 spiro atoms. The molecule has 0 amide bonds. The average Bonchev–Trinajstić information content (AvgIpc) is 3.64. The van der Waals surface area contributed by atoms with Crippen LogP contribution in [0.1, 0.15) is 16.8 Å². The number of likely N-dealkylation sites (tertiary alicyclic amines) is 1. The molecule has 2 saturated heterocycles. The van der Waals surface area contributed by atoms with E-state index in [4.69, 9.17) is 4.98 Å². The van der Waals surface area contributed by atoms with Crippen LogP contribution in [-0.2, 0) is 0 Å². The van der Waals surface area contributed by atoms with Gasteiger partial charge in [0.05, 0.1) is 27.7 Å². The molecule has 4 aromatic heterocycles. The number of likely N-dealkylation sites (N-methyl/N-ethyl adjacent to an activating group) is 1. The van der Waals surface area contributed by atoms with E-state index in [-0.39, 0.29) is 22.8 Å². The summed E-state index contributed by atoms with van der Waals surface area (Å²) in [6.45, 7) is 2.74. The second kappa shape index (κ2) is 9.16. The van der Waals surface area contributed by atoms with Crippen LogP contribution in [-0.4, -0.2) is 82.4 Å². The first-order chi connectivity index (χ1) is 19.8. The van der Waals surface area contributed by atoms with Crippen LogP contribution in [0.3, 0.4) is 0 Å². The van der Waals surface area contributed by atoms with Gasteiger partial charge in [-0.2, -0.15) is 0 Å². The Labute approximate surface area is 233 Å². The Hall–Kier alpha value is -4.71. The normalized spacial score (nSPS) is 19.0. The number of anilines is 2. The number of nitrogens with zero attached hydrogens (tertiary/aromatic N) is 5. The second-order valence-electron chi connectivity index (χ2n) is 10.9. The molecule has 2 aliphatic rings. The highest BCUT2D eigenvalue weighted by atomic mass is 19.1. The molecule has 210 valence electrons. The summed E-state index contributed by atoms with van der Waals surface area (Å²) in [4.78, 5) is 42.6. The molecule has 0 bridgehead atoms. The molecule has 12 heteroatoms. The van der Waals surface area contributed by atoms with Crippen molar-refractivity contribution in [3.8, 4) is 11.1 Å². The zero-order valence-corrected chi connectivity index (χ0v) is 22.8. The third-order valence-electron chi connectivity index (χ3n) is 8.58. The maximum absolute atomic E-state index is 14.9. The molecule has 6 heterocycles. The fourth-order valence-corrected chi connectivity index (χ4v) is 6.75. The molecule has 0 saturated carbocycles. The van der Waals surface area contributed by atoms with Gasteiger partial charge in [-0.1, -0.05) is 0 Å². The van der Waals surface area contributed by atoms with E-state index in [0.717, 1.165) is 48.2 Å². The lowest BCUT2D eigenvalue weighted by Gasteiger charge is -2.29. The number of fused-ring (bicyclic) bond motifs is 5. The van der Waals surface area contributed by atoms with Crippen molar-refractivity contribution in [2.24, 2.45) is 5.92 Å². The number of pyridine rings is 3. The van der Waals surface area contributed by atoms with E-state index in [1.165, 1.54) is 23.0 Å². The van der Waals surface area contributed by atoms with Crippen LogP contribution in [0.2, 0.25) is 0 Å². The van der Waals surface area contributed by atoms with Crippen LogP contribution >= 0.6 is 0 Å². The number of carboxylic acids is 1.